The highest BCUT2D eigenvalue weighted by Crippen LogP contribution is 2.30. The number of halogens is 1. The first-order chi connectivity index (χ1) is 10.1. The fraction of sp³-hybridized carbons (Fsp3) is 0.231. The van der Waals surface area contributed by atoms with Crippen LogP contribution in [0, 0.1) is 10.1 Å². The van der Waals surface area contributed by atoms with Gasteiger partial charge in [-0.2, -0.15) is 0 Å². The van der Waals surface area contributed by atoms with E-state index in [1.165, 1.54) is 6.07 Å². The third-order valence-electron chi connectivity index (χ3n) is 2.56. The quantitative estimate of drug-likeness (QED) is 0.634. The molecule has 7 nitrogen and oxygen atoms in total. The van der Waals surface area contributed by atoms with E-state index in [1.54, 1.807) is 24.5 Å². The van der Waals surface area contributed by atoms with Crippen molar-refractivity contribution in [1.82, 2.24) is 9.97 Å². The first-order valence-corrected chi connectivity index (χ1v) is 7.01. The summed E-state index contributed by atoms with van der Waals surface area (Å²) >= 11 is 3.19. The van der Waals surface area contributed by atoms with E-state index >= 15 is 0 Å². The lowest BCUT2D eigenvalue weighted by atomic mass is 10.3. The molecular weight excluding hydrogens is 340 g/mol. The molecule has 0 radical (unpaired) electrons. The lowest BCUT2D eigenvalue weighted by molar-refractivity contribution is -0.386. The molecule has 0 bridgehead atoms. The summed E-state index contributed by atoms with van der Waals surface area (Å²) in [4.78, 5) is 18.8. The van der Waals surface area contributed by atoms with Crippen LogP contribution in [0.2, 0.25) is 0 Å². The second-order valence-corrected chi connectivity index (χ2v) is 5.00. The van der Waals surface area contributed by atoms with Crippen LogP contribution in [-0.2, 0) is 6.61 Å². The zero-order valence-corrected chi connectivity index (χ0v) is 12.8. The average Bonchev–Trinajstić information content (AvgIpc) is 2.47. The Kier molecular flexibility index (Phi) is 5.04. The highest BCUT2D eigenvalue weighted by molar-refractivity contribution is 9.10. The van der Waals surface area contributed by atoms with Crippen molar-refractivity contribution >= 4 is 27.4 Å². The third kappa shape index (κ3) is 4.12. The first-order valence-electron chi connectivity index (χ1n) is 6.21. The fourth-order valence-corrected chi connectivity index (χ4v) is 1.96. The maximum atomic E-state index is 11.0. The van der Waals surface area contributed by atoms with Gasteiger partial charge in [0.1, 0.15) is 12.4 Å². The number of nitro benzene ring substituents is 1. The largest absolute Gasteiger partial charge is 0.480 e. The molecule has 1 N–H and O–H groups in total. The third-order valence-corrected chi connectivity index (χ3v) is 3.05. The van der Waals surface area contributed by atoms with E-state index < -0.39 is 4.92 Å². The molecule has 0 aliphatic heterocycles. The van der Waals surface area contributed by atoms with Crippen molar-refractivity contribution in [2.45, 2.75) is 13.5 Å². The summed E-state index contributed by atoms with van der Waals surface area (Å²) in [6, 6.07) is 4.63. The van der Waals surface area contributed by atoms with Gasteiger partial charge in [0.2, 0.25) is 0 Å². The average molecular weight is 353 g/mol. The molecule has 0 unspecified atom stereocenters. The number of hydrogen-bond donors (Lipinski definition) is 1. The van der Waals surface area contributed by atoms with Crippen LogP contribution in [0.3, 0.4) is 0 Å². The summed E-state index contributed by atoms with van der Waals surface area (Å²) in [5.41, 5.74) is 0.496. The van der Waals surface area contributed by atoms with E-state index in [1.807, 2.05) is 6.92 Å². The molecule has 21 heavy (non-hydrogen) atoms. The number of anilines is 1. The minimum absolute atomic E-state index is 0.0957. The topological polar surface area (TPSA) is 90.2 Å². The van der Waals surface area contributed by atoms with Gasteiger partial charge < -0.3 is 10.1 Å². The van der Waals surface area contributed by atoms with Crippen molar-refractivity contribution in [3.05, 3.63) is 50.9 Å². The van der Waals surface area contributed by atoms with Crippen LogP contribution in [0.5, 0.6) is 5.75 Å². The van der Waals surface area contributed by atoms with Gasteiger partial charge in [-0.3, -0.25) is 15.1 Å². The predicted octanol–water partition coefficient (Wildman–Crippen LogP) is 3.16. The molecule has 0 spiro atoms. The molecule has 0 amide bonds. The number of ether oxygens (including phenoxy) is 1. The Bertz CT molecular complexity index is 634. The van der Waals surface area contributed by atoms with E-state index in [0.717, 1.165) is 6.54 Å². The van der Waals surface area contributed by atoms with Crippen LogP contribution < -0.4 is 10.1 Å². The number of nitro groups is 1. The minimum atomic E-state index is -0.486. The zero-order chi connectivity index (χ0) is 15.2. The Balaban J connectivity index is 2.07. The molecule has 110 valence electrons. The van der Waals surface area contributed by atoms with Crippen LogP contribution in [0.15, 0.2) is 35.1 Å². The smallest absolute Gasteiger partial charge is 0.312 e. The summed E-state index contributed by atoms with van der Waals surface area (Å²) < 4.78 is 6.08. The van der Waals surface area contributed by atoms with E-state index in [0.29, 0.717) is 16.0 Å². The number of benzene rings is 1. The summed E-state index contributed by atoms with van der Waals surface area (Å²) in [6.07, 6.45) is 3.17. The van der Waals surface area contributed by atoms with Gasteiger partial charge in [-0.05, 0) is 19.1 Å². The maximum absolute atomic E-state index is 11.0. The van der Waals surface area contributed by atoms with E-state index in [9.17, 15) is 10.1 Å². The fourth-order valence-electron chi connectivity index (χ4n) is 1.61. The molecule has 1 aromatic carbocycles. The number of aromatic nitrogens is 2. The Morgan fingerprint density at radius 3 is 2.81 bits per heavy atom. The molecule has 8 heteroatoms. The summed E-state index contributed by atoms with van der Waals surface area (Å²) in [6.45, 7) is 2.84. The molecule has 2 rings (SSSR count). The lowest BCUT2D eigenvalue weighted by Crippen LogP contribution is -2.04. The molecule has 0 saturated carbocycles. The maximum Gasteiger partial charge on any atom is 0.312 e. The van der Waals surface area contributed by atoms with Crippen molar-refractivity contribution in [3.8, 4) is 5.75 Å². The molecule has 0 aliphatic carbocycles. The minimum Gasteiger partial charge on any atom is -0.480 e. The van der Waals surface area contributed by atoms with Crippen molar-refractivity contribution < 1.29 is 9.66 Å². The van der Waals surface area contributed by atoms with Crippen LogP contribution in [0.25, 0.3) is 0 Å². The number of nitrogens with zero attached hydrogens (tertiary/aromatic N) is 3. The summed E-state index contributed by atoms with van der Waals surface area (Å²) in [5.74, 6) is 0.872. The van der Waals surface area contributed by atoms with E-state index in [-0.39, 0.29) is 18.0 Å². The molecule has 0 atom stereocenters. The highest BCUT2D eigenvalue weighted by atomic mass is 79.9. The SMILES string of the molecule is CCNc1cnc(COc2ccc(Br)cc2[N+](=O)[O-])cn1. The van der Waals surface area contributed by atoms with Crippen molar-refractivity contribution in [1.29, 1.82) is 0 Å². The second-order valence-electron chi connectivity index (χ2n) is 4.08. The van der Waals surface area contributed by atoms with Gasteiger partial charge in [-0.1, -0.05) is 15.9 Å². The molecule has 0 aliphatic rings. The van der Waals surface area contributed by atoms with Gasteiger partial charge in [0.25, 0.3) is 0 Å². The lowest BCUT2D eigenvalue weighted by Gasteiger charge is -2.07. The van der Waals surface area contributed by atoms with Crippen LogP contribution >= 0.6 is 15.9 Å². The number of nitrogens with one attached hydrogen (secondary N) is 1. The Hall–Kier alpha value is -2.22. The molecule has 1 aromatic heterocycles. The highest BCUT2D eigenvalue weighted by Gasteiger charge is 2.15. The Morgan fingerprint density at radius 2 is 2.19 bits per heavy atom. The normalized spacial score (nSPS) is 10.2. The molecule has 0 fully saturated rings. The zero-order valence-electron chi connectivity index (χ0n) is 11.2. The monoisotopic (exact) mass is 352 g/mol. The molecular formula is C13H13BrN4O3. The van der Waals surface area contributed by atoms with Crippen LogP contribution in [0.4, 0.5) is 11.5 Å². The van der Waals surface area contributed by atoms with Crippen molar-refractivity contribution in [2.75, 3.05) is 11.9 Å². The van der Waals surface area contributed by atoms with Gasteiger partial charge >= 0.3 is 5.69 Å². The van der Waals surface area contributed by atoms with Gasteiger partial charge in [-0.15, -0.1) is 0 Å². The van der Waals surface area contributed by atoms with Gasteiger partial charge in [0.15, 0.2) is 5.75 Å². The van der Waals surface area contributed by atoms with E-state index in [2.05, 4.69) is 31.2 Å². The van der Waals surface area contributed by atoms with Crippen molar-refractivity contribution in [3.63, 3.8) is 0 Å². The van der Waals surface area contributed by atoms with E-state index in [4.69, 9.17) is 4.74 Å². The number of hydrogen-bond acceptors (Lipinski definition) is 6. The van der Waals surface area contributed by atoms with Gasteiger partial charge in [0.05, 0.1) is 23.0 Å². The summed E-state index contributed by atoms with van der Waals surface area (Å²) in [7, 11) is 0. The standard InChI is InChI=1S/C13H13BrN4O3/c1-2-15-13-7-16-10(6-17-13)8-21-12-4-3-9(14)5-11(12)18(19)20/h3-7H,2,8H2,1H3,(H,15,17). The molecule has 2 aromatic rings. The summed E-state index contributed by atoms with van der Waals surface area (Å²) in [5, 5.41) is 14.0. The Morgan fingerprint density at radius 1 is 1.38 bits per heavy atom. The second kappa shape index (κ2) is 6.98. The van der Waals surface area contributed by atoms with Crippen molar-refractivity contribution in [2.24, 2.45) is 0 Å². The van der Waals surface area contributed by atoms with Gasteiger partial charge in [0, 0.05) is 17.1 Å². The predicted molar refractivity (Wildman–Crippen MR) is 81.3 cm³/mol. The Labute approximate surface area is 129 Å². The van der Waals surface area contributed by atoms with Gasteiger partial charge in [-0.25, -0.2) is 4.98 Å². The number of rotatable bonds is 6. The molecule has 0 saturated heterocycles. The first kappa shape index (κ1) is 15.2. The van der Waals surface area contributed by atoms with Crippen LogP contribution in [0.1, 0.15) is 12.6 Å². The molecule has 1 heterocycles. The van der Waals surface area contributed by atoms with Crippen LogP contribution in [-0.4, -0.2) is 21.4 Å².